The third-order valence-electron chi connectivity index (χ3n) is 5.83. The van der Waals surface area contributed by atoms with Gasteiger partial charge >= 0.3 is 0 Å². The maximum Gasteiger partial charge on any atom is 0.236 e. The monoisotopic (exact) mass is 473 g/mol. The van der Waals surface area contributed by atoms with Crippen LogP contribution in [0.25, 0.3) is 0 Å². The van der Waals surface area contributed by atoms with E-state index in [1.807, 2.05) is 62.9 Å². The first-order valence-corrected chi connectivity index (χ1v) is 10.9. The molecule has 0 unspecified atom stereocenters. The molecule has 7 heteroatoms. The van der Waals surface area contributed by atoms with Crippen molar-refractivity contribution in [2.24, 2.45) is 5.92 Å². The highest BCUT2D eigenvalue weighted by atomic mass is 79.9. The zero-order valence-electron chi connectivity index (χ0n) is 16.9. The highest BCUT2D eigenvalue weighted by Crippen LogP contribution is 2.49. The van der Waals surface area contributed by atoms with Crippen molar-refractivity contribution in [3.63, 3.8) is 0 Å². The van der Waals surface area contributed by atoms with E-state index >= 15 is 0 Å². The molecule has 4 rings (SSSR count). The number of thiocarbonyl (C=S) groups is 1. The van der Waals surface area contributed by atoms with Crippen LogP contribution in [0.4, 0.5) is 5.69 Å². The Morgan fingerprint density at radius 3 is 2.76 bits per heavy atom. The molecule has 1 amide bonds. The molecule has 2 bridgehead atoms. The Morgan fingerprint density at radius 2 is 2.07 bits per heavy atom. The van der Waals surface area contributed by atoms with Crippen molar-refractivity contribution in [3.05, 3.63) is 57.6 Å². The molecule has 0 aromatic heterocycles. The highest BCUT2D eigenvalue weighted by molar-refractivity contribution is 9.10. The fraction of sp³-hybridized carbons (Fsp3) is 0.364. The number of amides is 1. The molecule has 3 atom stereocenters. The molecule has 2 N–H and O–H groups in total. The molecule has 1 fully saturated rings. The average molecular weight is 474 g/mol. The van der Waals surface area contributed by atoms with Gasteiger partial charge in [-0.25, -0.2) is 0 Å². The van der Waals surface area contributed by atoms with Crippen molar-refractivity contribution in [2.75, 3.05) is 11.9 Å². The summed E-state index contributed by atoms with van der Waals surface area (Å²) < 4.78 is 7.39. The first-order chi connectivity index (χ1) is 13.7. The molecule has 5 nitrogen and oxygen atoms in total. The van der Waals surface area contributed by atoms with E-state index in [0.29, 0.717) is 11.7 Å². The van der Waals surface area contributed by atoms with E-state index in [1.165, 1.54) is 0 Å². The molecule has 0 aliphatic carbocycles. The lowest BCUT2D eigenvalue weighted by Crippen LogP contribution is -2.71. The minimum Gasteiger partial charge on any atom is -0.467 e. The molecular weight excluding hydrogens is 450 g/mol. The molecule has 0 spiro atoms. The molecular formula is C22H24BrN3O2S. The number of anilines is 1. The maximum atomic E-state index is 13.6. The zero-order valence-corrected chi connectivity index (χ0v) is 19.3. The minimum atomic E-state index is -0.884. The number of halogens is 1. The van der Waals surface area contributed by atoms with Crippen LogP contribution >= 0.6 is 28.1 Å². The van der Waals surface area contributed by atoms with Crippen LogP contribution < -0.4 is 15.4 Å². The first kappa shape index (κ1) is 20.2. The van der Waals surface area contributed by atoms with E-state index in [4.69, 9.17) is 17.0 Å². The second-order valence-electron chi connectivity index (χ2n) is 7.80. The lowest BCUT2D eigenvalue weighted by atomic mass is 9.79. The predicted molar refractivity (Wildman–Crippen MR) is 122 cm³/mol. The smallest absolute Gasteiger partial charge is 0.236 e. The number of rotatable bonds is 3. The van der Waals surface area contributed by atoms with Crippen molar-refractivity contribution in [1.82, 2.24) is 10.2 Å². The Labute approximate surface area is 184 Å². The van der Waals surface area contributed by atoms with E-state index in [1.54, 1.807) is 0 Å². The fourth-order valence-corrected chi connectivity index (χ4v) is 5.26. The molecule has 2 aliphatic heterocycles. The number of carbonyl (C=O) groups excluding carboxylic acids is 1. The van der Waals surface area contributed by atoms with Crippen LogP contribution in [0.5, 0.6) is 5.75 Å². The summed E-state index contributed by atoms with van der Waals surface area (Å²) in [5, 5.41) is 7.12. The van der Waals surface area contributed by atoms with Crippen LogP contribution in [-0.2, 0) is 4.79 Å². The van der Waals surface area contributed by atoms with E-state index in [9.17, 15) is 4.79 Å². The fourth-order valence-electron chi connectivity index (χ4n) is 4.44. The average Bonchev–Trinajstić information content (AvgIpc) is 2.64. The molecule has 0 radical (unpaired) electrons. The first-order valence-electron chi connectivity index (χ1n) is 9.69. The Balaban J connectivity index is 1.78. The Bertz CT molecular complexity index is 1010. The topological polar surface area (TPSA) is 53.6 Å². The van der Waals surface area contributed by atoms with Crippen molar-refractivity contribution in [2.45, 2.75) is 39.5 Å². The molecule has 1 saturated heterocycles. The van der Waals surface area contributed by atoms with Crippen LogP contribution in [0.2, 0.25) is 0 Å². The summed E-state index contributed by atoms with van der Waals surface area (Å²) in [4.78, 5) is 15.5. The molecule has 2 heterocycles. The number of nitrogens with one attached hydrogen (secondary N) is 2. The highest BCUT2D eigenvalue weighted by Gasteiger charge is 2.58. The maximum absolute atomic E-state index is 13.6. The van der Waals surface area contributed by atoms with Crippen LogP contribution in [0.15, 0.2) is 40.9 Å². The second kappa shape index (κ2) is 7.29. The van der Waals surface area contributed by atoms with Gasteiger partial charge in [-0.3, -0.25) is 4.79 Å². The van der Waals surface area contributed by atoms with Crippen molar-refractivity contribution in [3.8, 4) is 5.75 Å². The summed E-state index contributed by atoms with van der Waals surface area (Å²) in [5.41, 5.74) is 3.05. The van der Waals surface area contributed by atoms with Gasteiger partial charge in [-0.05, 0) is 69.7 Å². The van der Waals surface area contributed by atoms with Gasteiger partial charge < -0.3 is 20.3 Å². The van der Waals surface area contributed by atoms with Crippen LogP contribution in [0.1, 0.15) is 36.6 Å². The Hall–Kier alpha value is -2.12. The number of ether oxygens (including phenoxy) is 1. The molecule has 0 saturated carbocycles. The number of carbonyl (C=O) groups is 1. The third-order valence-corrected chi connectivity index (χ3v) is 6.66. The predicted octanol–water partition coefficient (Wildman–Crippen LogP) is 4.68. The molecule has 2 aromatic carbocycles. The summed E-state index contributed by atoms with van der Waals surface area (Å²) in [6, 6.07) is 11.6. The van der Waals surface area contributed by atoms with Gasteiger partial charge in [0.15, 0.2) is 10.8 Å². The molecule has 152 valence electrons. The van der Waals surface area contributed by atoms with Gasteiger partial charge in [0.2, 0.25) is 5.91 Å². The molecule has 29 heavy (non-hydrogen) atoms. The van der Waals surface area contributed by atoms with Crippen molar-refractivity contribution in [1.29, 1.82) is 0 Å². The number of fused-ring (bicyclic) bond motifs is 4. The van der Waals surface area contributed by atoms with Gasteiger partial charge in [-0.1, -0.05) is 33.6 Å². The second-order valence-corrected chi connectivity index (χ2v) is 9.10. The summed E-state index contributed by atoms with van der Waals surface area (Å²) in [6.07, 6.45) is 0. The van der Waals surface area contributed by atoms with Gasteiger partial charge in [0.1, 0.15) is 11.7 Å². The number of hydrogen-bond acceptors (Lipinski definition) is 3. The summed E-state index contributed by atoms with van der Waals surface area (Å²) in [6.45, 7) is 8.64. The lowest BCUT2D eigenvalue weighted by molar-refractivity contribution is -0.148. The number of hydrogen-bond donors (Lipinski definition) is 2. The van der Waals surface area contributed by atoms with Crippen LogP contribution in [0.3, 0.4) is 0 Å². The Kier molecular flexibility index (Phi) is 5.07. The quantitative estimate of drug-likeness (QED) is 0.633. The van der Waals surface area contributed by atoms with E-state index in [2.05, 4.69) is 32.6 Å². The van der Waals surface area contributed by atoms with Gasteiger partial charge in [0, 0.05) is 22.3 Å². The largest absolute Gasteiger partial charge is 0.467 e. The summed E-state index contributed by atoms with van der Waals surface area (Å²) in [7, 11) is 0. The van der Waals surface area contributed by atoms with Crippen LogP contribution in [0, 0.1) is 19.8 Å². The van der Waals surface area contributed by atoms with Crippen LogP contribution in [-0.4, -0.2) is 28.2 Å². The lowest BCUT2D eigenvalue weighted by Gasteiger charge is -2.56. The minimum absolute atomic E-state index is 0.0940. The standard InChI is InChI=1S/C22H24BrN3O2S/c1-5-26-21(29)25-19-15-11-14(23)7-9-17(15)28-22(26,4)18(19)20(27)24-16-8-6-12(2)10-13(16)3/h6-11,18-19H,5H2,1-4H3,(H,24,27)(H,25,29)/t18-,19+,22+/m0/s1. The van der Waals surface area contributed by atoms with E-state index < -0.39 is 11.6 Å². The van der Waals surface area contributed by atoms with Gasteiger partial charge in [-0.15, -0.1) is 0 Å². The number of nitrogens with zero attached hydrogens (tertiary/aromatic N) is 1. The van der Waals surface area contributed by atoms with Crippen molar-refractivity contribution < 1.29 is 9.53 Å². The van der Waals surface area contributed by atoms with Crippen molar-refractivity contribution >= 4 is 44.9 Å². The molecule has 2 aromatic rings. The number of aryl methyl sites for hydroxylation is 2. The van der Waals surface area contributed by atoms with Gasteiger partial charge in [0.25, 0.3) is 0 Å². The van der Waals surface area contributed by atoms with Gasteiger partial charge in [0.05, 0.1) is 6.04 Å². The number of benzene rings is 2. The van der Waals surface area contributed by atoms with Gasteiger partial charge in [-0.2, -0.15) is 0 Å². The summed E-state index contributed by atoms with van der Waals surface area (Å²) >= 11 is 9.14. The van der Waals surface area contributed by atoms with E-state index in [-0.39, 0.29) is 11.9 Å². The zero-order chi connectivity index (χ0) is 20.9. The normalized spacial score (nSPS) is 25.0. The van der Waals surface area contributed by atoms with E-state index in [0.717, 1.165) is 32.6 Å². The third kappa shape index (κ3) is 3.30. The summed E-state index contributed by atoms with van der Waals surface area (Å²) in [5.74, 6) is 0.185. The molecule has 2 aliphatic rings. The SMILES string of the molecule is CCN1C(=S)N[C@@H]2c3cc(Br)ccc3O[C@]1(C)[C@@H]2C(=O)Nc1ccc(C)cc1C. The Morgan fingerprint density at radius 1 is 1.31 bits per heavy atom.